The van der Waals surface area contributed by atoms with Crippen molar-refractivity contribution in [1.29, 1.82) is 0 Å². The second-order valence-corrected chi connectivity index (χ2v) is 20.6. The van der Waals surface area contributed by atoms with Crippen molar-refractivity contribution in [2.24, 2.45) is 22.7 Å². The van der Waals surface area contributed by atoms with Gasteiger partial charge in [0.05, 0.1) is 35.3 Å². The fourth-order valence-corrected chi connectivity index (χ4v) is 13.6. The molecular weight excluding hydrogens is 793 g/mol. The number of ether oxygens (including phenoxy) is 3. The monoisotopic (exact) mass is 858 g/mol. The van der Waals surface area contributed by atoms with Gasteiger partial charge >= 0.3 is 18.1 Å². The zero-order valence-corrected chi connectivity index (χ0v) is 36.7. The van der Waals surface area contributed by atoms with Gasteiger partial charge < -0.3 is 50.8 Å². The number of cyclic esters (lactones) is 1. The van der Waals surface area contributed by atoms with Gasteiger partial charge in [-0.05, 0) is 109 Å². The van der Waals surface area contributed by atoms with Gasteiger partial charge in [0.25, 0.3) is 0 Å². The second-order valence-electron chi connectivity index (χ2n) is 19.3. The lowest BCUT2D eigenvalue weighted by atomic mass is 9.44. The summed E-state index contributed by atoms with van der Waals surface area (Å²) < 4.78 is 17.7. The van der Waals surface area contributed by atoms with E-state index in [0.29, 0.717) is 56.0 Å². The highest BCUT2D eigenvalue weighted by Crippen LogP contribution is 2.70. The van der Waals surface area contributed by atoms with Gasteiger partial charge in [-0.2, -0.15) is 11.8 Å². The zero-order valence-electron chi connectivity index (χ0n) is 35.9. The number of alkyl carbamates (subject to hydrolysis) is 1. The molecule has 3 aliphatic carbocycles. The first-order valence-electron chi connectivity index (χ1n) is 22.1. The summed E-state index contributed by atoms with van der Waals surface area (Å²) in [5, 5.41) is 49.8. The molecule has 2 saturated carbocycles. The van der Waals surface area contributed by atoms with Gasteiger partial charge in [-0.25, -0.2) is 14.4 Å². The van der Waals surface area contributed by atoms with Crippen LogP contribution in [0, 0.1) is 22.7 Å². The molecule has 15 nitrogen and oxygen atoms in total. The van der Waals surface area contributed by atoms with E-state index in [9.17, 15) is 39.3 Å². The molecule has 7 aliphatic rings. The van der Waals surface area contributed by atoms with Crippen LogP contribution in [0.2, 0.25) is 0 Å². The lowest BCUT2D eigenvalue weighted by molar-refractivity contribution is -0.305. The number of hydrogen-bond acceptors (Lipinski definition) is 12. The highest BCUT2D eigenvalue weighted by atomic mass is 32.2. The molecule has 5 fully saturated rings. The van der Waals surface area contributed by atoms with Crippen LogP contribution < -0.4 is 21.3 Å². The van der Waals surface area contributed by atoms with Crippen molar-refractivity contribution in [3.8, 4) is 0 Å². The van der Waals surface area contributed by atoms with Crippen LogP contribution in [0.5, 0.6) is 0 Å². The number of aliphatic hydroxyl groups is 3. The van der Waals surface area contributed by atoms with Gasteiger partial charge in [0.1, 0.15) is 23.9 Å². The number of amides is 4. The predicted molar refractivity (Wildman–Crippen MR) is 223 cm³/mol. The molecule has 4 amide bonds. The minimum absolute atomic E-state index is 0.0185. The summed E-state index contributed by atoms with van der Waals surface area (Å²) in [6.45, 7) is 9.67. The number of hydrogen-bond donors (Lipinski definition) is 7. The van der Waals surface area contributed by atoms with Crippen LogP contribution in [0.15, 0.2) is 23.3 Å². The summed E-state index contributed by atoms with van der Waals surface area (Å²) in [6, 6.07) is 0.304. The number of thioether (sulfide) groups is 1. The molecule has 0 radical (unpaired) electrons. The minimum atomic E-state index is -2.01. The van der Waals surface area contributed by atoms with Crippen LogP contribution in [0.3, 0.4) is 0 Å². The molecular formula is C44H66N4O11S. The molecule has 60 heavy (non-hydrogen) atoms. The van der Waals surface area contributed by atoms with E-state index in [1.54, 1.807) is 19.9 Å². The number of carbonyl (C=O) groups excluding carboxylic acids is 5. The maximum absolute atomic E-state index is 13.5. The summed E-state index contributed by atoms with van der Waals surface area (Å²) in [5.74, 6) is -0.411. The van der Waals surface area contributed by atoms with Crippen LogP contribution >= 0.6 is 11.8 Å². The van der Waals surface area contributed by atoms with Crippen molar-refractivity contribution in [1.82, 2.24) is 21.3 Å². The minimum Gasteiger partial charge on any atom is -0.455 e. The smallest absolute Gasteiger partial charge is 0.407 e. The van der Waals surface area contributed by atoms with Gasteiger partial charge in [0.15, 0.2) is 5.78 Å². The van der Waals surface area contributed by atoms with E-state index in [-0.39, 0.29) is 73.8 Å². The molecule has 7 rings (SSSR count). The first-order valence-corrected chi connectivity index (χ1v) is 23.1. The molecule has 0 aromatic rings. The Morgan fingerprint density at radius 1 is 1.00 bits per heavy atom. The maximum Gasteiger partial charge on any atom is 0.407 e. The highest BCUT2D eigenvalue weighted by Gasteiger charge is 2.78. The number of fused-ring (bicyclic) bond motifs is 6. The number of unbranched alkanes of at least 4 members (excludes halogenated alkanes) is 3. The Bertz CT molecular complexity index is 1790. The molecule has 0 aromatic heterocycles. The molecule has 4 aliphatic heterocycles. The SMILES string of the molecule is CC1=C(COC(=O)NCCCCCNC(=O)CCCCC2SCC3NC(=O)NC32)C[C@H]([C@](C)(O)[C@]2(O)CCC3(O)[C@@H]4CO[C@@]5(C)CC=CC(=O)[C@]5(C)[C@H]4CC[C@@]32C)OC1=O. The molecule has 7 N–H and O–H groups in total. The van der Waals surface area contributed by atoms with E-state index in [4.69, 9.17) is 14.2 Å². The Balaban J connectivity index is 0.838. The summed E-state index contributed by atoms with van der Waals surface area (Å²) >= 11 is 1.88. The van der Waals surface area contributed by atoms with Crippen LogP contribution in [-0.2, 0) is 28.6 Å². The average Bonchev–Trinajstić information content (AvgIpc) is 3.83. The number of nitrogens with one attached hydrogen (secondary N) is 4. The summed E-state index contributed by atoms with van der Waals surface area (Å²) in [6.07, 6.45) is 8.73. The highest BCUT2D eigenvalue weighted by molar-refractivity contribution is 8.00. The normalized spacial score (nSPS) is 40.3. The van der Waals surface area contributed by atoms with E-state index < -0.39 is 57.3 Å². The summed E-state index contributed by atoms with van der Waals surface area (Å²) in [4.78, 5) is 63.2. The first kappa shape index (κ1) is 44.9. The number of carbonyl (C=O) groups is 5. The molecule has 3 saturated heterocycles. The van der Waals surface area contributed by atoms with Crippen LogP contribution in [0.1, 0.15) is 118 Å². The van der Waals surface area contributed by atoms with Gasteiger partial charge in [-0.3, -0.25) is 9.59 Å². The van der Waals surface area contributed by atoms with Gasteiger partial charge in [-0.1, -0.05) is 19.4 Å². The van der Waals surface area contributed by atoms with Crippen molar-refractivity contribution in [2.75, 3.05) is 32.1 Å². The van der Waals surface area contributed by atoms with Crippen molar-refractivity contribution in [3.05, 3.63) is 23.3 Å². The van der Waals surface area contributed by atoms with Crippen molar-refractivity contribution >= 4 is 41.5 Å². The quantitative estimate of drug-likeness (QED) is 0.0712. The predicted octanol–water partition coefficient (Wildman–Crippen LogP) is 3.72. The van der Waals surface area contributed by atoms with Gasteiger partial charge in [0, 0.05) is 53.8 Å². The molecule has 0 aromatic carbocycles. The molecule has 334 valence electrons. The Kier molecular flexibility index (Phi) is 12.6. The molecule has 0 bridgehead atoms. The third kappa shape index (κ3) is 7.47. The fraction of sp³-hybridized carbons (Fsp3) is 0.795. The summed E-state index contributed by atoms with van der Waals surface area (Å²) in [5.41, 5.74) is -7.43. The van der Waals surface area contributed by atoms with E-state index in [1.165, 1.54) is 6.92 Å². The standard InChI is InChI=1S/C44H66N4O11S/c1-26-27(23-57-38(53)46-21-10-6-9-20-45-34(50)14-8-7-12-31-35-30(25-60-31)47-37(52)48-35)22-33(59-36(26)51)42(5,54)44(56)19-18-43(55)29-24-58-40(3)16-11-13-32(49)41(40,4)28(29)15-17-39(43,44)2/h11,13,28-31,33,35,54-56H,6-10,12,14-25H2,1-5H3,(H,45,50)(H,46,53)(H2,47,48,52)/t28-,29+,30?,31?,33+,35?,39-,40-,41-,42-,43?,44-/m0/s1. The largest absolute Gasteiger partial charge is 0.455 e. The molecule has 0 spiro atoms. The van der Waals surface area contributed by atoms with Crippen LogP contribution in [0.25, 0.3) is 0 Å². The fourth-order valence-electron chi connectivity index (χ4n) is 12.1. The lowest BCUT2D eigenvalue weighted by Crippen LogP contribution is -2.74. The summed E-state index contributed by atoms with van der Waals surface area (Å²) in [7, 11) is 0. The third-order valence-corrected chi connectivity index (χ3v) is 17.9. The van der Waals surface area contributed by atoms with Crippen LogP contribution in [-0.4, -0.2) is 123 Å². The topological polar surface area (TPSA) is 222 Å². The molecule has 16 heteroatoms. The van der Waals surface area contributed by atoms with E-state index in [0.717, 1.165) is 37.9 Å². The van der Waals surface area contributed by atoms with Crippen molar-refractivity contribution in [2.45, 2.75) is 164 Å². The van der Waals surface area contributed by atoms with E-state index >= 15 is 0 Å². The Morgan fingerprint density at radius 2 is 1.75 bits per heavy atom. The number of allylic oxidation sites excluding steroid dienone is 1. The zero-order chi connectivity index (χ0) is 43.3. The number of urea groups is 1. The van der Waals surface area contributed by atoms with Gasteiger partial charge in [-0.15, -0.1) is 0 Å². The maximum atomic E-state index is 13.5. The third-order valence-electron chi connectivity index (χ3n) is 16.4. The van der Waals surface area contributed by atoms with Crippen LogP contribution in [0.4, 0.5) is 9.59 Å². The Morgan fingerprint density at radius 3 is 2.52 bits per heavy atom. The van der Waals surface area contributed by atoms with E-state index in [2.05, 4.69) is 21.3 Å². The first-order chi connectivity index (χ1) is 28.3. The Hall–Kier alpha value is -3.18. The molecule has 4 unspecified atom stereocenters. The molecule has 12 atom stereocenters. The lowest BCUT2D eigenvalue weighted by Gasteiger charge is -2.66. The average molecular weight is 859 g/mol. The number of ketones is 1. The van der Waals surface area contributed by atoms with Crippen molar-refractivity contribution < 1.29 is 53.5 Å². The molecule has 4 heterocycles. The van der Waals surface area contributed by atoms with Gasteiger partial charge in [0.2, 0.25) is 5.91 Å². The Labute approximate surface area is 357 Å². The number of esters is 1. The van der Waals surface area contributed by atoms with Crippen molar-refractivity contribution in [3.63, 3.8) is 0 Å². The second kappa shape index (κ2) is 16.8. The van der Waals surface area contributed by atoms with E-state index in [1.807, 2.05) is 31.7 Å². The number of rotatable bonds is 15.